The van der Waals surface area contributed by atoms with E-state index in [0.29, 0.717) is 0 Å². The third kappa shape index (κ3) is 4.08. The summed E-state index contributed by atoms with van der Waals surface area (Å²) in [7, 11) is 0. The van der Waals surface area contributed by atoms with Crippen molar-refractivity contribution in [2.45, 2.75) is 32.8 Å². The average Bonchev–Trinajstić information content (AvgIpc) is 2.63. The molecule has 0 fully saturated rings. The molecule has 0 radical (unpaired) electrons. The van der Waals surface area contributed by atoms with E-state index < -0.39 is 0 Å². The van der Waals surface area contributed by atoms with Crippen molar-refractivity contribution in [1.29, 1.82) is 0 Å². The summed E-state index contributed by atoms with van der Waals surface area (Å²) in [6, 6.07) is 23.3. The molecule has 3 aromatic carbocycles. The van der Waals surface area contributed by atoms with E-state index in [-0.39, 0.29) is 6.10 Å². The van der Waals surface area contributed by atoms with Crippen LogP contribution in [0.2, 0.25) is 0 Å². The van der Waals surface area contributed by atoms with Crippen LogP contribution in [0.5, 0.6) is 5.75 Å². The molecule has 124 valence electrons. The molecular formula is C22H25NO. The van der Waals surface area contributed by atoms with Gasteiger partial charge >= 0.3 is 0 Å². The molecule has 0 heterocycles. The summed E-state index contributed by atoms with van der Waals surface area (Å²) < 4.78 is 5.81. The summed E-state index contributed by atoms with van der Waals surface area (Å²) in [6.07, 6.45) is 2.28. The number of hydrogen-bond acceptors (Lipinski definition) is 2. The van der Waals surface area contributed by atoms with E-state index >= 15 is 0 Å². The van der Waals surface area contributed by atoms with Gasteiger partial charge in [-0.2, -0.15) is 0 Å². The van der Waals surface area contributed by atoms with Crippen LogP contribution in [0, 0.1) is 0 Å². The van der Waals surface area contributed by atoms with E-state index in [4.69, 9.17) is 4.74 Å². The highest BCUT2D eigenvalue weighted by Gasteiger charge is 2.02. The molecule has 2 heteroatoms. The number of hydrogen-bond donors (Lipinski definition) is 1. The Morgan fingerprint density at radius 1 is 0.917 bits per heavy atom. The van der Waals surface area contributed by atoms with Crippen molar-refractivity contribution in [3.05, 3.63) is 72.3 Å². The highest BCUT2D eigenvalue weighted by atomic mass is 16.5. The van der Waals surface area contributed by atoms with Crippen molar-refractivity contribution in [3.63, 3.8) is 0 Å². The predicted octanol–water partition coefficient (Wildman–Crippen LogP) is 5.67. The first-order valence-electron chi connectivity index (χ1n) is 8.73. The molecule has 0 spiro atoms. The van der Waals surface area contributed by atoms with Crippen molar-refractivity contribution in [2.75, 3.05) is 11.9 Å². The van der Waals surface area contributed by atoms with Crippen LogP contribution in [0.1, 0.15) is 25.8 Å². The van der Waals surface area contributed by atoms with Crippen molar-refractivity contribution < 1.29 is 4.74 Å². The van der Waals surface area contributed by atoms with Gasteiger partial charge in [0.1, 0.15) is 5.75 Å². The Morgan fingerprint density at radius 2 is 1.67 bits per heavy atom. The van der Waals surface area contributed by atoms with Gasteiger partial charge in [-0.25, -0.2) is 0 Å². The Bertz CT molecular complexity index is 774. The maximum absolute atomic E-state index is 5.81. The molecule has 0 aliphatic heterocycles. The Balaban J connectivity index is 1.58. The van der Waals surface area contributed by atoms with Gasteiger partial charge < -0.3 is 10.1 Å². The predicted molar refractivity (Wildman–Crippen MR) is 103 cm³/mol. The number of ether oxygens (including phenoxy) is 1. The smallest absolute Gasteiger partial charge is 0.119 e. The van der Waals surface area contributed by atoms with Crippen molar-refractivity contribution in [3.8, 4) is 5.75 Å². The standard InChI is InChI=1S/C22H25NO/c1-3-17(2)24-21-13-11-20(12-14-21)23-16-15-19-9-6-8-18-7-4-5-10-22(18)19/h4-14,17,23H,3,15-16H2,1-2H3/t17-/m1/s1. The number of fused-ring (bicyclic) bond motifs is 1. The highest BCUT2D eigenvalue weighted by molar-refractivity contribution is 5.85. The van der Waals surface area contributed by atoms with E-state index in [9.17, 15) is 0 Å². The molecule has 0 aliphatic rings. The lowest BCUT2D eigenvalue weighted by molar-refractivity contribution is 0.217. The molecule has 0 unspecified atom stereocenters. The number of anilines is 1. The Kier molecular flexibility index (Phi) is 5.37. The number of rotatable bonds is 7. The maximum Gasteiger partial charge on any atom is 0.119 e. The van der Waals surface area contributed by atoms with Gasteiger partial charge in [-0.1, -0.05) is 49.4 Å². The highest BCUT2D eigenvalue weighted by Crippen LogP contribution is 2.20. The summed E-state index contributed by atoms with van der Waals surface area (Å²) in [4.78, 5) is 0. The van der Waals surface area contributed by atoms with E-state index in [1.807, 2.05) is 12.1 Å². The molecule has 24 heavy (non-hydrogen) atoms. The molecule has 0 saturated heterocycles. The summed E-state index contributed by atoms with van der Waals surface area (Å²) in [5, 5.41) is 6.15. The second-order valence-electron chi connectivity index (χ2n) is 6.18. The minimum atomic E-state index is 0.259. The summed E-state index contributed by atoms with van der Waals surface area (Å²) in [5.41, 5.74) is 2.52. The van der Waals surface area contributed by atoms with E-state index in [1.165, 1.54) is 16.3 Å². The van der Waals surface area contributed by atoms with Gasteiger partial charge in [0.15, 0.2) is 0 Å². The molecule has 0 aliphatic carbocycles. The van der Waals surface area contributed by atoms with Crippen LogP contribution in [0.4, 0.5) is 5.69 Å². The lowest BCUT2D eigenvalue weighted by Crippen LogP contribution is -2.09. The molecular weight excluding hydrogens is 294 g/mol. The number of benzene rings is 3. The molecule has 0 saturated carbocycles. The molecule has 0 aromatic heterocycles. The fraction of sp³-hybridized carbons (Fsp3) is 0.273. The minimum Gasteiger partial charge on any atom is -0.491 e. The third-order valence-electron chi connectivity index (χ3n) is 4.37. The Hall–Kier alpha value is -2.48. The van der Waals surface area contributed by atoms with Gasteiger partial charge in [0.2, 0.25) is 0 Å². The van der Waals surface area contributed by atoms with Crippen LogP contribution in [0.3, 0.4) is 0 Å². The molecule has 3 aromatic rings. The number of nitrogens with one attached hydrogen (secondary N) is 1. The first kappa shape index (κ1) is 16.4. The lowest BCUT2D eigenvalue weighted by Gasteiger charge is -2.13. The zero-order valence-corrected chi connectivity index (χ0v) is 14.5. The van der Waals surface area contributed by atoms with Crippen molar-refractivity contribution >= 4 is 16.5 Å². The monoisotopic (exact) mass is 319 g/mol. The fourth-order valence-corrected chi connectivity index (χ4v) is 2.82. The maximum atomic E-state index is 5.81. The SMILES string of the molecule is CC[C@@H](C)Oc1ccc(NCCc2cccc3ccccc23)cc1. The lowest BCUT2D eigenvalue weighted by atomic mass is 10.0. The molecule has 1 N–H and O–H groups in total. The molecule has 0 amide bonds. The topological polar surface area (TPSA) is 21.3 Å². The zero-order valence-electron chi connectivity index (χ0n) is 14.5. The second kappa shape index (κ2) is 7.87. The molecule has 3 rings (SSSR count). The largest absolute Gasteiger partial charge is 0.491 e. The van der Waals surface area contributed by atoms with Gasteiger partial charge in [-0.15, -0.1) is 0 Å². The van der Waals surface area contributed by atoms with Crippen LogP contribution in [-0.4, -0.2) is 12.6 Å². The normalized spacial score (nSPS) is 12.1. The van der Waals surface area contributed by atoms with Gasteiger partial charge in [0.05, 0.1) is 6.10 Å². The summed E-state index contributed by atoms with van der Waals surface area (Å²) in [5.74, 6) is 0.934. The zero-order chi connectivity index (χ0) is 16.8. The van der Waals surface area contributed by atoms with Crippen LogP contribution in [0.25, 0.3) is 10.8 Å². The summed E-state index contributed by atoms with van der Waals surface area (Å²) in [6.45, 7) is 5.14. The molecule has 1 atom stereocenters. The van der Waals surface area contributed by atoms with Crippen LogP contribution >= 0.6 is 0 Å². The van der Waals surface area contributed by atoms with Crippen molar-refractivity contribution in [1.82, 2.24) is 0 Å². The minimum absolute atomic E-state index is 0.259. The fourth-order valence-electron chi connectivity index (χ4n) is 2.82. The van der Waals surface area contributed by atoms with E-state index in [1.54, 1.807) is 0 Å². The summed E-state index contributed by atoms with van der Waals surface area (Å²) >= 11 is 0. The van der Waals surface area contributed by atoms with E-state index in [0.717, 1.165) is 30.8 Å². The van der Waals surface area contributed by atoms with Crippen LogP contribution in [-0.2, 0) is 6.42 Å². The van der Waals surface area contributed by atoms with Crippen molar-refractivity contribution in [2.24, 2.45) is 0 Å². The molecule has 0 bridgehead atoms. The van der Waals surface area contributed by atoms with Gasteiger partial charge in [-0.05, 0) is 60.4 Å². The van der Waals surface area contributed by atoms with Gasteiger partial charge in [-0.3, -0.25) is 0 Å². The van der Waals surface area contributed by atoms with Crippen LogP contribution in [0.15, 0.2) is 66.7 Å². The third-order valence-corrected chi connectivity index (χ3v) is 4.37. The van der Waals surface area contributed by atoms with Gasteiger partial charge in [0.25, 0.3) is 0 Å². The first-order chi connectivity index (χ1) is 11.8. The van der Waals surface area contributed by atoms with Gasteiger partial charge in [0, 0.05) is 12.2 Å². The van der Waals surface area contributed by atoms with Crippen LogP contribution < -0.4 is 10.1 Å². The Morgan fingerprint density at radius 3 is 2.46 bits per heavy atom. The quantitative estimate of drug-likeness (QED) is 0.605. The molecule has 2 nitrogen and oxygen atoms in total. The van der Waals surface area contributed by atoms with E-state index in [2.05, 4.69) is 73.8 Å². The Labute approximate surface area is 144 Å². The average molecular weight is 319 g/mol. The first-order valence-corrected chi connectivity index (χ1v) is 8.73. The second-order valence-corrected chi connectivity index (χ2v) is 6.18.